The van der Waals surface area contributed by atoms with E-state index < -0.39 is 0 Å². The van der Waals surface area contributed by atoms with Crippen LogP contribution in [-0.2, 0) is 6.61 Å². The molecule has 1 aromatic heterocycles. The number of aromatic nitrogens is 2. The van der Waals surface area contributed by atoms with Gasteiger partial charge in [-0.15, -0.1) is 0 Å². The van der Waals surface area contributed by atoms with Crippen molar-refractivity contribution in [2.45, 2.75) is 13.5 Å². The first kappa shape index (κ1) is 12.8. The summed E-state index contributed by atoms with van der Waals surface area (Å²) in [6.45, 7) is 2.12. The lowest BCUT2D eigenvalue weighted by Crippen LogP contribution is -2.02. The number of nitrogens with zero attached hydrogens (tertiary/aromatic N) is 3. The summed E-state index contributed by atoms with van der Waals surface area (Å²) in [7, 11) is 1.61. The van der Waals surface area contributed by atoms with Crippen molar-refractivity contribution in [2.24, 2.45) is 0 Å². The third kappa shape index (κ3) is 3.42. The van der Waals surface area contributed by atoms with E-state index in [4.69, 9.17) is 14.7 Å². The topological polar surface area (TPSA) is 68.0 Å². The standard InChI is InChI=1S/C14H13N3O2/c1-10-6-12(8-15)17-14(16-10)19-9-11-4-3-5-13(7-11)18-2/h3-7H,9H2,1-2H3. The molecule has 0 N–H and O–H groups in total. The van der Waals surface area contributed by atoms with Crippen LogP contribution < -0.4 is 9.47 Å². The van der Waals surface area contributed by atoms with Gasteiger partial charge in [0.05, 0.1) is 7.11 Å². The van der Waals surface area contributed by atoms with Gasteiger partial charge in [0.25, 0.3) is 0 Å². The molecule has 5 heteroatoms. The zero-order valence-electron chi connectivity index (χ0n) is 10.8. The van der Waals surface area contributed by atoms with E-state index in [0.717, 1.165) is 11.3 Å². The molecule has 0 unspecified atom stereocenters. The normalized spacial score (nSPS) is 9.74. The molecule has 19 heavy (non-hydrogen) atoms. The van der Waals surface area contributed by atoms with Gasteiger partial charge in [-0.25, -0.2) is 4.98 Å². The molecule has 0 atom stereocenters. The van der Waals surface area contributed by atoms with Crippen LogP contribution in [0, 0.1) is 18.3 Å². The number of hydrogen-bond acceptors (Lipinski definition) is 5. The van der Waals surface area contributed by atoms with E-state index in [9.17, 15) is 0 Å². The minimum atomic E-state index is 0.208. The number of benzene rings is 1. The monoisotopic (exact) mass is 255 g/mol. The third-order valence-corrected chi connectivity index (χ3v) is 2.45. The first-order valence-corrected chi connectivity index (χ1v) is 5.73. The number of ether oxygens (including phenoxy) is 2. The van der Waals surface area contributed by atoms with Crippen LogP contribution in [0.1, 0.15) is 17.0 Å². The lowest BCUT2D eigenvalue weighted by atomic mass is 10.2. The predicted octanol–water partition coefficient (Wildman–Crippen LogP) is 2.24. The van der Waals surface area contributed by atoms with E-state index in [0.29, 0.717) is 18.0 Å². The van der Waals surface area contributed by atoms with E-state index in [-0.39, 0.29) is 6.01 Å². The zero-order valence-corrected chi connectivity index (χ0v) is 10.8. The highest BCUT2D eigenvalue weighted by Gasteiger charge is 2.04. The minimum absolute atomic E-state index is 0.208. The van der Waals surface area contributed by atoms with Crippen molar-refractivity contribution in [3.05, 3.63) is 47.3 Å². The molecule has 0 saturated heterocycles. The second kappa shape index (κ2) is 5.83. The van der Waals surface area contributed by atoms with Crippen LogP contribution in [0.5, 0.6) is 11.8 Å². The highest BCUT2D eigenvalue weighted by molar-refractivity contribution is 5.28. The Morgan fingerprint density at radius 1 is 1.26 bits per heavy atom. The van der Waals surface area contributed by atoms with Crippen LogP contribution in [0.25, 0.3) is 0 Å². The van der Waals surface area contributed by atoms with E-state index in [1.165, 1.54) is 0 Å². The quantitative estimate of drug-likeness (QED) is 0.838. The van der Waals surface area contributed by atoms with Gasteiger partial charge in [0.15, 0.2) is 0 Å². The van der Waals surface area contributed by atoms with Crippen LogP contribution in [0.3, 0.4) is 0 Å². The van der Waals surface area contributed by atoms with Crippen molar-refractivity contribution in [1.82, 2.24) is 9.97 Å². The Kier molecular flexibility index (Phi) is 3.94. The number of rotatable bonds is 4. The molecule has 1 aromatic carbocycles. The average molecular weight is 255 g/mol. The first-order valence-electron chi connectivity index (χ1n) is 5.73. The van der Waals surface area contributed by atoms with Crippen molar-refractivity contribution >= 4 is 0 Å². The van der Waals surface area contributed by atoms with E-state index in [1.54, 1.807) is 20.1 Å². The molecule has 0 aliphatic carbocycles. The summed E-state index contributed by atoms with van der Waals surface area (Å²) >= 11 is 0. The van der Waals surface area contributed by atoms with Gasteiger partial charge in [0.1, 0.15) is 24.1 Å². The van der Waals surface area contributed by atoms with Crippen LogP contribution in [0.15, 0.2) is 30.3 Å². The Labute approximate surface area is 111 Å². The highest BCUT2D eigenvalue weighted by atomic mass is 16.5. The molecule has 0 radical (unpaired) electrons. The van der Waals surface area contributed by atoms with Gasteiger partial charge in [-0.2, -0.15) is 10.2 Å². The van der Waals surface area contributed by atoms with Gasteiger partial charge in [-0.1, -0.05) is 12.1 Å². The fourth-order valence-corrected chi connectivity index (χ4v) is 1.57. The maximum absolute atomic E-state index is 8.83. The molecule has 0 aliphatic rings. The zero-order chi connectivity index (χ0) is 13.7. The molecule has 0 bridgehead atoms. The van der Waals surface area contributed by atoms with E-state index in [1.807, 2.05) is 30.3 Å². The number of nitriles is 1. The number of methoxy groups -OCH3 is 1. The molecule has 2 aromatic rings. The second-order valence-electron chi connectivity index (χ2n) is 3.93. The average Bonchev–Trinajstić information content (AvgIpc) is 2.44. The van der Waals surface area contributed by atoms with Crippen LogP contribution in [-0.4, -0.2) is 17.1 Å². The summed E-state index contributed by atoms with van der Waals surface area (Å²) < 4.78 is 10.6. The van der Waals surface area contributed by atoms with Crippen LogP contribution >= 0.6 is 0 Å². The Morgan fingerprint density at radius 3 is 2.84 bits per heavy atom. The van der Waals surface area contributed by atoms with Gasteiger partial charge in [0.2, 0.25) is 0 Å². The molecule has 0 amide bonds. The van der Waals surface area contributed by atoms with Crippen molar-refractivity contribution in [1.29, 1.82) is 5.26 Å². The highest BCUT2D eigenvalue weighted by Crippen LogP contribution is 2.14. The molecular weight excluding hydrogens is 242 g/mol. The van der Waals surface area contributed by atoms with Crippen molar-refractivity contribution in [2.75, 3.05) is 7.11 Å². The maximum atomic E-state index is 8.83. The van der Waals surface area contributed by atoms with Gasteiger partial charge < -0.3 is 9.47 Å². The summed E-state index contributed by atoms with van der Waals surface area (Å²) in [5.41, 5.74) is 1.95. The predicted molar refractivity (Wildman–Crippen MR) is 68.8 cm³/mol. The third-order valence-electron chi connectivity index (χ3n) is 2.45. The van der Waals surface area contributed by atoms with Gasteiger partial charge in [-0.05, 0) is 30.7 Å². The summed E-state index contributed by atoms with van der Waals surface area (Å²) in [5.74, 6) is 0.768. The molecule has 1 heterocycles. The molecule has 2 rings (SSSR count). The van der Waals surface area contributed by atoms with Crippen molar-refractivity contribution < 1.29 is 9.47 Å². The van der Waals surface area contributed by atoms with Gasteiger partial charge in [-0.3, -0.25) is 0 Å². The maximum Gasteiger partial charge on any atom is 0.318 e. The SMILES string of the molecule is COc1cccc(COc2nc(C)cc(C#N)n2)c1. The van der Waals surface area contributed by atoms with Crippen molar-refractivity contribution in [3.8, 4) is 17.8 Å². The van der Waals surface area contributed by atoms with Crippen molar-refractivity contribution in [3.63, 3.8) is 0 Å². The Bertz CT molecular complexity index is 620. The van der Waals surface area contributed by atoms with Crippen LogP contribution in [0.2, 0.25) is 0 Å². The Hall–Kier alpha value is -2.61. The molecule has 0 fully saturated rings. The molecule has 0 spiro atoms. The van der Waals surface area contributed by atoms with Gasteiger partial charge in [0, 0.05) is 5.69 Å². The van der Waals surface area contributed by atoms with Crippen LogP contribution in [0.4, 0.5) is 0 Å². The summed E-state index contributed by atoms with van der Waals surface area (Å²) in [4.78, 5) is 8.11. The number of aryl methyl sites for hydroxylation is 1. The smallest absolute Gasteiger partial charge is 0.318 e. The Morgan fingerprint density at radius 2 is 2.11 bits per heavy atom. The second-order valence-corrected chi connectivity index (χ2v) is 3.93. The summed E-state index contributed by atoms with van der Waals surface area (Å²) in [5, 5.41) is 8.83. The summed E-state index contributed by atoms with van der Waals surface area (Å²) in [6.07, 6.45) is 0. The fourth-order valence-electron chi connectivity index (χ4n) is 1.57. The molecule has 96 valence electrons. The number of hydrogen-bond donors (Lipinski definition) is 0. The van der Waals surface area contributed by atoms with Gasteiger partial charge >= 0.3 is 6.01 Å². The first-order chi connectivity index (χ1) is 9.21. The lowest BCUT2D eigenvalue weighted by Gasteiger charge is -2.06. The molecule has 0 saturated carbocycles. The molecule has 0 aliphatic heterocycles. The molecule has 5 nitrogen and oxygen atoms in total. The Balaban J connectivity index is 2.10. The fraction of sp³-hybridized carbons (Fsp3) is 0.214. The molecular formula is C14H13N3O2. The van der Waals surface area contributed by atoms with E-state index >= 15 is 0 Å². The lowest BCUT2D eigenvalue weighted by molar-refractivity contribution is 0.279. The summed E-state index contributed by atoms with van der Waals surface area (Å²) in [6, 6.07) is 11.3. The largest absolute Gasteiger partial charge is 0.497 e. The van der Waals surface area contributed by atoms with E-state index in [2.05, 4.69) is 9.97 Å². The minimum Gasteiger partial charge on any atom is -0.497 e.